The SMILES string of the molecule is C=C(N=C1C=C(C)C=C/C1=C(/C)C(=O)Nc1ccc(C(=O)N(C)C/C(=C/C)O/C(C)=C\C)cc1)c1ccccc1C. The molecule has 2 amide bonds. The summed E-state index contributed by atoms with van der Waals surface area (Å²) < 4.78 is 5.76. The van der Waals surface area contributed by atoms with Crippen molar-refractivity contribution >= 4 is 28.9 Å². The van der Waals surface area contributed by atoms with E-state index >= 15 is 0 Å². The summed E-state index contributed by atoms with van der Waals surface area (Å²) >= 11 is 0. The fraction of sp³-hybridized carbons (Fsp3) is 0.229. The van der Waals surface area contributed by atoms with Gasteiger partial charge in [0.25, 0.3) is 11.8 Å². The summed E-state index contributed by atoms with van der Waals surface area (Å²) in [5.74, 6) is 1.06. The number of aryl methyl sites for hydroxylation is 1. The number of rotatable bonds is 9. The second kappa shape index (κ2) is 14.1. The molecular weight excluding hydrogens is 510 g/mol. The Hall–Kier alpha value is -4.71. The molecule has 0 aliphatic heterocycles. The minimum Gasteiger partial charge on any atom is -0.465 e. The van der Waals surface area contributed by atoms with Gasteiger partial charge in [-0.15, -0.1) is 0 Å². The van der Waals surface area contributed by atoms with Crippen molar-refractivity contribution in [2.45, 2.75) is 41.5 Å². The van der Waals surface area contributed by atoms with E-state index in [1.807, 2.05) is 89.3 Å². The average molecular weight is 550 g/mol. The summed E-state index contributed by atoms with van der Waals surface area (Å²) in [7, 11) is 1.73. The zero-order valence-corrected chi connectivity index (χ0v) is 25.0. The number of benzene rings is 2. The van der Waals surface area contributed by atoms with Crippen LogP contribution < -0.4 is 5.32 Å². The van der Waals surface area contributed by atoms with Crippen molar-refractivity contribution in [2.24, 2.45) is 4.99 Å². The summed E-state index contributed by atoms with van der Waals surface area (Å²) in [6.07, 6.45) is 9.54. The van der Waals surface area contributed by atoms with Crippen molar-refractivity contribution in [1.82, 2.24) is 4.90 Å². The maximum absolute atomic E-state index is 13.2. The van der Waals surface area contributed by atoms with E-state index in [0.29, 0.717) is 40.5 Å². The number of carbonyl (C=O) groups is 2. The lowest BCUT2D eigenvalue weighted by Gasteiger charge is -2.20. The van der Waals surface area contributed by atoms with Gasteiger partial charge in [0.1, 0.15) is 5.76 Å². The molecule has 0 radical (unpaired) electrons. The molecule has 0 fully saturated rings. The van der Waals surface area contributed by atoms with E-state index < -0.39 is 0 Å². The molecule has 1 N–H and O–H groups in total. The topological polar surface area (TPSA) is 71.0 Å². The Morgan fingerprint density at radius 1 is 1.00 bits per heavy atom. The van der Waals surface area contributed by atoms with Crippen LogP contribution in [0.5, 0.6) is 0 Å². The molecule has 0 heterocycles. The van der Waals surface area contributed by atoms with Gasteiger partial charge in [0, 0.05) is 35.0 Å². The number of carbonyl (C=O) groups excluding carboxylic acids is 2. The molecular formula is C35H39N3O3. The maximum Gasteiger partial charge on any atom is 0.254 e. The standard InChI is InChI=1S/C35H39N3O3/c1-9-25(5)41-30(10-2)22-38(8)35(40)28-16-18-29(19-17-28)37-34(39)26(6)32-20-15-23(3)21-33(32)36-27(7)31-14-12-11-13-24(31)4/h9-21H,7,22H2,1-6,8H3,(H,37,39)/b25-9-,30-10-,32-26+,36-33?. The molecule has 0 saturated carbocycles. The number of allylic oxidation sites excluding steroid dienone is 8. The number of likely N-dealkylation sites (N-methyl/N-ethyl adjacent to an activating group) is 1. The highest BCUT2D eigenvalue weighted by Gasteiger charge is 2.18. The zero-order chi connectivity index (χ0) is 30.1. The van der Waals surface area contributed by atoms with Crippen LogP contribution in [0, 0.1) is 6.92 Å². The highest BCUT2D eigenvalue weighted by Crippen LogP contribution is 2.24. The van der Waals surface area contributed by atoms with Gasteiger partial charge in [-0.2, -0.15) is 0 Å². The molecule has 41 heavy (non-hydrogen) atoms. The van der Waals surface area contributed by atoms with Gasteiger partial charge in [-0.25, -0.2) is 4.99 Å². The normalized spacial score (nSPS) is 15.8. The molecule has 2 aromatic rings. The van der Waals surface area contributed by atoms with E-state index in [2.05, 4.69) is 11.9 Å². The quantitative estimate of drug-likeness (QED) is 0.256. The molecule has 0 atom stereocenters. The first-order valence-corrected chi connectivity index (χ1v) is 13.6. The summed E-state index contributed by atoms with van der Waals surface area (Å²) in [5.41, 5.74) is 6.76. The van der Waals surface area contributed by atoms with Gasteiger partial charge < -0.3 is 15.0 Å². The van der Waals surface area contributed by atoms with Gasteiger partial charge in [0.2, 0.25) is 0 Å². The molecule has 1 aliphatic rings. The molecule has 6 nitrogen and oxygen atoms in total. The summed E-state index contributed by atoms with van der Waals surface area (Å²) in [5, 5.41) is 2.94. The number of anilines is 1. The van der Waals surface area contributed by atoms with Crippen molar-refractivity contribution in [3.63, 3.8) is 0 Å². The van der Waals surface area contributed by atoms with Crippen molar-refractivity contribution in [1.29, 1.82) is 0 Å². The average Bonchev–Trinajstić information content (AvgIpc) is 2.96. The van der Waals surface area contributed by atoms with Crippen molar-refractivity contribution in [3.05, 3.63) is 130 Å². The smallest absolute Gasteiger partial charge is 0.254 e. The van der Waals surface area contributed by atoms with E-state index in [1.54, 1.807) is 43.1 Å². The van der Waals surface area contributed by atoms with E-state index in [9.17, 15) is 9.59 Å². The van der Waals surface area contributed by atoms with Gasteiger partial charge in [-0.1, -0.05) is 43.0 Å². The predicted molar refractivity (Wildman–Crippen MR) is 170 cm³/mol. The van der Waals surface area contributed by atoms with Crippen LogP contribution in [0.2, 0.25) is 0 Å². The number of aliphatic imine (C=N–C) groups is 1. The van der Waals surface area contributed by atoms with E-state index in [0.717, 1.165) is 28.0 Å². The number of hydrogen-bond donors (Lipinski definition) is 1. The van der Waals surface area contributed by atoms with Gasteiger partial charge in [0.15, 0.2) is 0 Å². The Bertz CT molecular complexity index is 1520. The van der Waals surface area contributed by atoms with Crippen LogP contribution in [0.15, 0.2) is 119 Å². The molecule has 0 bridgehead atoms. The Morgan fingerprint density at radius 2 is 1.68 bits per heavy atom. The van der Waals surface area contributed by atoms with Crippen LogP contribution in [0.3, 0.4) is 0 Å². The van der Waals surface area contributed by atoms with Gasteiger partial charge in [0.05, 0.1) is 23.7 Å². The first-order valence-electron chi connectivity index (χ1n) is 13.6. The van der Waals surface area contributed by atoms with Gasteiger partial charge >= 0.3 is 0 Å². The minimum atomic E-state index is -0.253. The lowest BCUT2D eigenvalue weighted by atomic mass is 9.96. The Kier molecular flexibility index (Phi) is 10.6. The molecule has 212 valence electrons. The number of nitrogens with one attached hydrogen (secondary N) is 1. The summed E-state index contributed by atoms with van der Waals surface area (Å²) in [4.78, 5) is 32.6. The molecule has 0 saturated heterocycles. The van der Waals surface area contributed by atoms with Crippen LogP contribution >= 0.6 is 0 Å². The second-order valence-electron chi connectivity index (χ2n) is 9.97. The number of hydrogen-bond acceptors (Lipinski definition) is 4. The molecule has 0 unspecified atom stereocenters. The third-order valence-electron chi connectivity index (χ3n) is 6.76. The van der Waals surface area contributed by atoms with Crippen molar-refractivity contribution in [3.8, 4) is 0 Å². The van der Waals surface area contributed by atoms with E-state index in [-0.39, 0.29) is 11.8 Å². The number of nitrogens with zero attached hydrogens (tertiary/aromatic N) is 2. The molecule has 1 aliphatic carbocycles. The Labute approximate surface area is 243 Å². The van der Waals surface area contributed by atoms with Crippen LogP contribution in [0.4, 0.5) is 5.69 Å². The first kappa shape index (κ1) is 30.8. The lowest BCUT2D eigenvalue weighted by molar-refractivity contribution is -0.112. The van der Waals surface area contributed by atoms with E-state index in [4.69, 9.17) is 9.73 Å². The van der Waals surface area contributed by atoms with Gasteiger partial charge in [-0.3, -0.25) is 9.59 Å². The zero-order valence-electron chi connectivity index (χ0n) is 25.0. The molecule has 0 aromatic heterocycles. The third kappa shape index (κ3) is 8.15. The third-order valence-corrected chi connectivity index (χ3v) is 6.76. The fourth-order valence-electron chi connectivity index (χ4n) is 4.17. The van der Waals surface area contributed by atoms with Crippen LogP contribution in [0.25, 0.3) is 5.70 Å². The van der Waals surface area contributed by atoms with E-state index in [1.165, 1.54) is 0 Å². The number of ether oxygens (including phenoxy) is 1. The number of amides is 2. The second-order valence-corrected chi connectivity index (χ2v) is 9.97. The fourth-order valence-corrected chi connectivity index (χ4v) is 4.17. The molecule has 2 aromatic carbocycles. The lowest BCUT2D eigenvalue weighted by Crippen LogP contribution is -2.29. The van der Waals surface area contributed by atoms with Crippen LogP contribution in [-0.2, 0) is 9.53 Å². The summed E-state index contributed by atoms with van der Waals surface area (Å²) in [6.45, 7) is 16.0. The minimum absolute atomic E-state index is 0.147. The first-order chi connectivity index (χ1) is 19.5. The Balaban J connectivity index is 1.75. The highest BCUT2D eigenvalue weighted by atomic mass is 16.5. The molecule has 3 rings (SSSR count). The molecule has 0 spiro atoms. The van der Waals surface area contributed by atoms with Crippen molar-refractivity contribution in [2.75, 3.05) is 18.9 Å². The Morgan fingerprint density at radius 3 is 2.32 bits per heavy atom. The largest absolute Gasteiger partial charge is 0.465 e. The van der Waals surface area contributed by atoms with Crippen molar-refractivity contribution < 1.29 is 14.3 Å². The highest BCUT2D eigenvalue weighted by molar-refractivity contribution is 6.19. The predicted octanol–water partition coefficient (Wildman–Crippen LogP) is 7.79. The van der Waals surface area contributed by atoms with Crippen LogP contribution in [-0.4, -0.2) is 36.0 Å². The molecule has 6 heteroatoms. The van der Waals surface area contributed by atoms with Crippen LogP contribution in [0.1, 0.15) is 56.1 Å². The summed E-state index contributed by atoms with van der Waals surface area (Å²) in [6, 6.07) is 14.8. The monoisotopic (exact) mass is 549 g/mol. The van der Waals surface area contributed by atoms with Gasteiger partial charge in [-0.05, 0) is 95.2 Å². The maximum atomic E-state index is 13.2.